The molecule has 3 amide bonds. The van der Waals surface area contributed by atoms with Gasteiger partial charge in [0.15, 0.2) is 0 Å². The fourth-order valence-electron chi connectivity index (χ4n) is 3.80. The molecule has 0 unspecified atom stereocenters. The molecule has 1 saturated heterocycles. The van der Waals surface area contributed by atoms with Crippen LogP contribution in [-0.2, 0) is 9.59 Å². The molecule has 5 rings (SSSR count). The van der Waals surface area contributed by atoms with Gasteiger partial charge in [0.2, 0.25) is 17.6 Å². The third kappa shape index (κ3) is 3.61. The minimum absolute atomic E-state index is 0.109. The van der Waals surface area contributed by atoms with Gasteiger partial charge < -0.3 is 5.32 Å². The second-order valence-corrected chi connectivity index (χ2v) is 7.89. The highest BCUT2D eigenvalue weighted by Crippen LogP contribution is 2.39. The van der Waals surface area contributed by atoms with Crippen molar-refractivity contribution in [2.24, 2.45) is 0 Å². The molecule has 2 aromatic carbocycles. The van der Waals surface area contributed by atoms with Crippen LogP contribution >= 0.6 is 0 Å². The van der Waals surface area contributed by atoms with E-state index in [0.29, 0.717) is 17.3 Å². The van der Waals surface area contributed by atoms with Gasteiger partial charge >= 0.3 is 0 Å². The lowest BCUT2D eigenvalue weighted by Crippen LogP contribution is -2.29. The summed E-state index contributed by atoms with van der Waals surface area (Å²) in [5.41, 5.74) is 2.70. The number of nitrogens with one attached hydrogen (secondary N) is 1. The molecule has 2 fully saturated rings. The van der Waals surface area contributed by atoms with Gasteiger partial charge in [0, 0.05) is 24.4 Å². The molecule has 0 radical (unpaired) electrons. The Morgan fingerprint density at radius 1 is 1.03 bits per heavy atom. The van der Waals surface area contributed by atoms with Crippen LogP contribution in [0.15, 0.2) is 48.5 Å². The van der Waals surface area contributed by atoms with Gasteiger partial charge in [-0.3, -0.25) is 19.3 Å². The Bertz CT molecular complexity index is 1180. The number of carbonyl (C=O) groups excluding carboxylic acids is 3. The molecule has 1 aliphatic carbocycles. The van der Waals surface area contributed by atoms with Gasteiger partial charge in [0.25, 0.3) is 5.91 Å². The standard InChI is InChI=1S/C23H21N5O3/c1-14-13-16(9-10-18(14)27-19(29)11-12-20(27)30)24-23(31)21-25-22(15-7-8-15)28(26-21)17-5-3-2-4-6-17/h2-6,9-10,13,15H,7-8,11-12H2,1H3,(H,24,31). The van der Waals surface area contributed by atoms with Crippen LogP contribution in [0.4, 0.5) is 11.4 Å². The van der Waals surface area contributed by atoms with E-state index >= 15 is 0 Å². The maximum absolute atomic E-state index is 12.8. The van der Waals surface area contributed by atoms with Crippen LogP contribution in [0.3, 0.4) is 0 Å². The number of amides is 3. The molecule has 2 heterocycles. The summed E-state index contributed by atoms with van der Waals surface area (Å²) < 4.78 is 1.74. The van der Waals surface area contributed by atoms with Crippen molar-refractivity contribution in [1.82, 2.24) is 14.8 Å². The molecule has 3 aromatic rings. The van der Waals surface area contributed by atoms with Crippen LogP contribution in [-0.4, -0.2) is 32.5 Å². The number of para-hydroxylation sites is 1. The minimum Gasteiger partial charge on any atom is -0.319 e. The number of benzene rings is 2. The van der Waals surface area contributed by atoms with Crippen LogP contribution in [0.1, 0.15) is 53.6 Å². The highest BCUT2D eigenvalue weighted by atomic mass is 16.2. The molecule has 0 spiro atoms. The fraction of sp³-hybridized carbons (Fsp3) is 0.261. The lowest BCUT2D eigenvalue weighted by atomic mass is 10.1. The first-order valence-corrected chi connectivity index (χ1v) is 10.3. The van der Waals surface area contributed by atoms with E-state index in [9.17, 15) is 14.4 Å². The normalized spacial score (nSPS) is 16.1. The van der Waals surface area contributed by atoms with Crippen molar-refractivity contribution in [3.8, 4) is 5.69 Å². The van der Waals surface area contributed by atoms with E-state index in [-0.39, 0.29) is 30.5 Å². The van der Waals surface area contributed by atoms with Gasteiger partial charge in [-0.05, 0) is 55.7 Å². The van der Waals surface area contributed by atoms with Gasteiger partial charge in [0.1, 0.15) is 5.82 Å². The Labute approximate surface area is 178 Å². The Hall–Kier alpha value is -3.81. The predicted molar refractivity (Wildman–Crippen MR) is 114 cm³/mol. The molecule has 156 valence electrons. The smallest absolute Gasteiger partial charge is 0.295 e. The number of anilines is 2. The van der Waals surface area contributed by atoms with E-state index < -0.39 is 5.91 Å². The number of hydrogen-bond donors (Lipinski definition) is 1. The summed E-state index contributed by atoms with van der Waals surface area (Å²) in [6.45, 7) is 1.80. The summed E-state index contributed by atoms with van der Waals surface area (Å²) >= 11 is 0. The molecular formula is C23H21N5O3. The van der Waals surface area contributed by atoms with Crippen molar-refractivity contribution in [2.75, 3.05) is 10.2 Å². The van der Waals surface area contributed by atoms with Crippen molar-refractivity contribution >= 4 is 29.1 Å². The molecule has 1 saturated carbocycles. The van der Waals surface area contributed by atoms with Crippen LogP contribution in [0.25, 0.3) is 5.69 Å². The zero-order chi connectivity index (χ0) is 21.5. The molecule has 1 N–H and O–H groups in total. The third-order valence-electron chi connectivity index (χ3n) is 5.53. The van der Waals surface area contributed by atoms with Crippen LogP contribution in [0.5, 0.6) is 0 Å². The van der Waals surface area contributed by atoms with Crippen LogP contribution in [0, 0.1) is 6.92 Å². The molecule has 31 heavy (non-hydrogen) atoms. The average Bonchev–Trinajstić information content (AvgIpc) is 3.43. The van der Waals surface area contributed by atoms with Crippen molar-refractivity contribution < 1.29 is 14.4 Å². The van der Waals surface area contributed by atoms with Gasteiger partial charge in [-0.2, -0.15) is 0 Å². The lowest BCUT2D eigenvalue weighted by Gasteiger charge is -2.17. The Kier molecular flexibility index (Phi) is 4.62. The van der Waals surface area contributed by atoms with Crippen molar-refractivity contribution in [3.63, 3.8) is 0 Å². The second-order valence-electron chi connectivity index (χ2n) is 7.89. The van der Waals surface area contributed by atoms with E-state index in [1.54, 1.807) is 29.8 Å². The van der Waals surface area contributed by atoms with Crippen molar-refractivity contribution in [1.29, 1.82) is 0 Å². The molecular weight excluding hydrogens is 394 g/mol. The number of nitrogens with zero attached hydrogens (tertiary/aromatic N) is 4. The van der Waals surface area contributed by atoms with Crippen molar-refractivity contribution in [2.45, 2.75) is 38.5 Å². The predicted octanol–water partition coefficient (Wildman–Crippen LogP) is 3.36. The number of imide groups is 1. The molecule has 2 aliphatic rings. The molecule has 1 aliphatic heterocycles. The lowest BCUT2D eigenvalue weighted by molar-refractivity contribution is -0.121. The van der Waals surface area contributed by atoms with Crippen molar-refractivity contribution in [3.05, 3.63) is 65.7 Å². The van der Waals surface area contributed by atoms with Gasteiger partial charge in [-0.15, -0.1) is 5.10 Å². The number of aromatic nitrogens is 3. The molecule has 0 atom stereocenters. The van der Waals surface area contributed by atoms with Crippen LogP contribution in [0.2, 0.25) is 0 Å². The summed E-state index contributed by atoms with van der Waals surface area (Å²) in [6, 6.07) is 14.7. The topological polar surface area (TPSA) is 97.2 Å². The van der Waals surface area contributed by atoms with E-state index in [4.69, 9.17) is 0 Å². The molecule has 1 aromatic heterocycles. The van der Waals surface area contributed by atoms with E-state index in [0.717, 1.165) is 29.9 Å². The number of carbonyl (C=O) groups is 3. The maximum atomic E-state index is 12.8. The number of hydrogen-bond acceptors (Lipinski definition) is 5. The van der Waals surface area contributed by atoms with Crippen LogP contribution < -0.4 is 10.2 Å². The first-order valence-electron chi connectivity index (χ1n) is 10.3. The molecule has 0 bridgehead atoms. The Morgan fingerprint density at radius 3 is 2.39 bits per heavy atom. The number of rotatable bonds is 5. The molecule has 8 heteroatoms. The van der Waals surface area contributed by atoms with E-state index in [1.165, 1.54) is 4.90 Å². The Morgan fingerprint density at radius 2 is 1.74 bits per heavy atom. The maximum Gasteiger partial charge on any atom is 0.295 e. The quantitative estimate of drug-likeness (QED) is 0.645. The number of aryl methyl sites for hydroxylation is 1. The minimum atomic E-state index is -0.406. The van der Waals surface area contributed by atoms with E-state index in [1.807, 2.05) is 30.3 Å². The van der Waals surface area contributed by atoms with E-state index in [2.05, 4.69) is 15.4 Å². The highest BCUT2D eigenvalue weighted by molar-refractivity contribution is 6.20. The average molecular weight is 415 g/mol. The first-order chi connectivity index (χ1) is 15.0. The summed E-state index contributed by atoms with van der Waals surface area (Å²) in [6.07, 6.45) is 2.55. The SMILES string of the molecule is Cc1cc(NC(=O)c2nc(C3CC3)n(-c3ccccc3)n2)ccc1N1C(=O)CCC1=O. The van der Waals surface area contributed by atoms with Gasteiger partial charge in [-0.25, -0.2) is 9.67 Å². The summed E-state index contributed by atoms with van der Waals surface area (Å²) in [7, 11) is 0. The zero-order valence-electron chi connectivity index (χ0n) is 17.0. The van der Waals surface area contributed by atoms with Gasteiger partial charge in [-0.1, -0.05) is 18.2 Å². The first kappa shape index (κ1) is 19.2. The second kappa shape index (κ2) is 7.46. The summed E-state index contributed by atoms with van der Waals surface area (Å²) in [5.74, 6) is 0.427. The summed E-state index contributed by atoms with van der Waals surface area (Å²) in [5, 5.41) is 7.28. The third-order valence-corrected chi connectivity index (χ3v) is 5.53. The monoisotopic (exact) mass is 415 g/mol. The summed E-state index contributed by atoms with van der Waals surface area (Å²) in [4.78, 5) is 42.6. The molecule has 8 nitrogen and oxygen atoms in total. The van der Waals surface area contributed by atoms with Gasteiger partial charge in [0.05, 0.1) is 11.4 Å². The fourth-order valence-corrected chi connectivity index (χ4v) is 3.80. The Balaban J connectivity index is 1.39. The largest absolute Gasteiger partial charge is 0.319 e. The highest BCUT2D eigenvalue weighted by Gasteiger charge is 2.32. The zero-order valence-corrected chi connectivity index (χ0v) is 17.0.